The molecule has 0 radical (unpaired) electrons. The van der Waals surface area contributed by atoms with E-state index in [4.69, 9.17) is 10.5 Å². The number of pyridine rings is 1. The van der Waals surface area contributed by atoms with Crippen LogP contribution in [0.2, 0.25) is 0 Å². The fourth-order valence-electron chi connectivity index (χ4n) is 4.29. The summed E-state index contributed by atoms with van der Waals surface area (Å²) < 4.78 is 5.62. The zero-order valence-corrected chi connectivity index (χ0v) is 18.4. The Labute approximate surface area is 185 Å². The van der Waals surface area contributed by atoms with Crippen LogP contribution in [0.3, 0.4) is 0 Å². The van der Waals surface area contributed by atoms with Gasteiger partial charge in [-0.3, -0.25) is 14.6 Å². The van der Waals surface area contributed by atoms with Crippen LogP contribution in [0.15, 0.2) is 24.3 Å². The highest BCUT2D eigenvalue weighted by molar-refractivity contribution is 7.99. The van der Waals surface area contributed by atoms with E-state index in [1.807, 2.05) is 18.2 Å². The molecule has 9 heteroatoms. The van der Waals surface area contributed by atoms with Crippen molar-refractivity contribution in [1.82, 2.24) is 9.88 Å². The number of hydrogen-bond acceptors (Lipinski definition) is 7. The van der Waals surface area contributed by atoms with Crippen molar-refractivity contribution in [3.63, 3.8) is 0 Å². The highest BCUT2D eigenvalue weighted by Crippen LogP contribution is 2.29. The molecule has 3 heterocycles. The summed E-state index contributed by atoms with van der Waals surface area (Å²) in [5.41, 5.74) is 8.10. The molecule has 2 aliphatic heterocycles. The van der Waals surface area contributed by atoms with Gasteiger partial charge in [-0.2, -0.15) is 5.26 Å². The molecule has 2 saturated heterocycles. The van der Waals surface area contributed by atoms with Gasteiger partial charge in [0.1, 0.15) is 6.04 Å². The van der Waals surface area contributed by atoms with Crippen LogP contribution in [0.1, 0.15) is 29.9 Å². The summed E-state index contributed by atoms with van der Waals surface area (Å²) in [5.74, 6) is 0.368. The van der Waals surface area contributed by atoms with Crippen molar-refractivity contribution in [3.05, 3.63) is 35.5 Å². The molecule has 0 aliphatic carbocycles. The number of amides is 2. The predicted molar refractivity (Wildman–Crippen MR) is 120 cm³/mol. The van der Waals surface area contributed by atoms with E-state index in [9.17, 15) is 14.9 Å². The van der Waals surface area contributed by atoms with Crippen molar-refractivity contribution in [2.75, 3.05) is 29.7 Å². The summed E-state index contributed by atoms with van der Waals surface area (Å²) in [6.45, 7) is 5.49. The molecule has 31 heavy (non-hydrogen) atoms. The van der Waals surface area contributed by atoms with Gasteiger partial charge in [0.2, 0.25) is 11.8 Å². The number of nitriles is 1. The molecule has 2 amide bonds. The molecule has 0 bridgehead atoms. The van der Waals surface area contributed by atoms with Crippen LogP contribution in [0.25, 0.3) is 10.9 Å². The van der Waals surface area contributed by atoms with Crippen LogP contribution < -0.4 is 10.6 Å². The Kier molecular flexibility index (Phi) is 6.03. The van der Waals surface area contributed by atoms with Gasteiger partial charge in [-0.25, -0.2) is 0 Å². The second-order valence-electron chi connectivity index (χ2n) is 8.05. The lowest BCUT2D eigenvalue weighted by Crippen LogP contribution is -2.49. The summed E-state index contributed by atoms with van der Waals surface area (Å²) in [6.07, 6.45) is 0.0221. The first-order valence-corrected chi connectivity index (χ1v) is 11.4. The molecule has 1 aromatic carbocycles. The molecule has 2 fully saturated rings. The Morgan fingerprint density at radius 1 is 1.29 bits per heavy atom. The fourth-order valence-corrected chi connectivity index (χ4v) is 5.39. The van der Waals surface area contributed by atoms with E-state index in [2.05, 4.69) is 29.8 Å². The third kappa shape index (κ3) is 4.18. The van der Waals surface area contributed by atoms with E-state index < -0.39 is 11.9 Å². The third-order valence-electron chi connectivity index (χ3n) is 5.76. The molecule has 8 nitrogen and oxygen atoms in total. The minimum absolute atomic E-state index is 0.0221. The Bertz CT molecular complexity index is 1060. The number of hydrogen-bond donors (Lipinski definition) is 1. The normalized spacial score (nSPS) is 23.7. The lowest BCUT2D eigenvalue weighted by Gasteiger charge is -2.40. The van der Waals surface area contributed by atoms with Crippen molar-refractivity contribution in [1.29, 1.82) is 5.26 Å². The van der Waals surface area contributed by atoms with E-state index >= 15 is 0 Å². The maximum Gasteiger partial charge on any atom is 0.249 e. The number of benzene rings is 1. The van der Waals surface area contributed by atoms with Crippen molar-refractivity contribution in [2.45, 2.75) is 38.4 Å². The van der Waals surface area contributed by atoms with E-state index in [1.54, 1.807) is 22.7 Å². The van der Waals surface area contributed by atoms with Gasteiger partial charge in [0.15, 0.2) is 0 Å². The molecular weight excluding hydrogens is 414 g/mol. The number of nitrogens with zero attached hydrogens (tertiary/aromatic N) is 4. The van der Waals surface area contributed by atoms with E-state index in [0.717, 1.165) is 5.69 Å². The van der Waals surface area contributed by atoms with E-state index in [1.165, 1.54) is 0 Å². The number of nitrogens with two attached hydrogens (primary N) is 1. The van der Waals surface area contributed by atoms with Crippen molar-refractivity contribution >= 4 is 40.2 Å². The first kappa shape index (κ1) is 21.4. The summed E-state index contributed by atoms with van der Waals surface area (Å²) in [6, 6.07) is 9.53. The van der Waals surface area contributed by atoms with Gasteiger partial charge < -0.3 is 20.3 Å². The largest absolute Gasteiger partial charge is 0.377 e. The Morgan fingerprint density at radius 3 is 2.71 bits per heavy atom. The van der Waals surface area contributed by atoms with Gasteiger partial charge in [-0.1, -0.05) is 0 Å². The predicted octanol–water partition coefficient (Wildman–Crippen LogP) is 1.91. The first-order chi connectivity index (χ1) is 14.9. The Hall–Kier alpha value is -2.83. The van der Waals surface area contributed by atoms with Gasteiger partial charge >= 0.3 is 0 Å². The number of aromatic nitrogens is 1. The standard InChI is InChI=1S/C22H25N5O3S/c1-13-9-30-10-14(2)27(13)16-3-4-20-18(7-16)19(22(24)29)5-15(25-20)6-21(28)26-12-31-11-17(26)8-23/h3-5,7,13-14,17H,6,9-12H2,1-2H3,(H2,24,29)/t13-,14-,17?/m0/s1. The zero-order chi connectivity index (χ0) is 22.1. The number of fused-ring (bicyclic) bond motifs is 1. The van der Waals surface area contributed by atoms with Crippen LogP contribution in [0, 0.1) is 11.3 Å². The van der Waals surface area contributed by atoms with Gasteiger partial charge in [-0.05, 0) is 38.1 Å². The third-order valence-corrected chi connectivity index (χ3v) is 6.77. The Balaban J connectivity index is 1.68. The molecule has 2 N–H and O–H groups in total. The molecular formula is C22H25N5O3S. The average molecular weight is 440 g/mol. The molecule has 3 atom stereocenters. The van der Waals surface area contributed by atoms with Gasteiger partial charge in [0, 0.05) is 28.9 Å². The topological polar surface area (TPSA) is 113 Å². The van der Waals surface area contributed by atoms with Gasteiger partial charge in [-0.15, -0.1) is 11.8 Å². The molecule has 0 saturated carbocycles. The molecule has 0 spiro atoms. The van der Waals surface area contributed by atoms with Crippen molar-refractivity contribution in [3.8, 4) is 6.07 Å². The number of carbonyl (C=O) groups is 2. The van der Waals surface area contributed by atoms with Gasteiger partial charge in [0.25, 0.3) is 0 Å². The van der Waals surface area contributed by atoms with E-state index in [-0.39, 0.29) is 24.4 Å². The maximum atomic E-state index is 12.7. The van der Waals surface area contributed by atoms with Crippen LogP contribution in [-0.2, 0) is 16.0 Å². The van der Waals surface area contributed by atoms with Crippen LogP contribution in [0.5, 0.6) is 0 Å². The number of ether oxygens (including phenoxy) is 1. The molecule has 2 aromatic rings. The number of primary amides is 1. The number of morpholine rings is 1. The van der Waals surface area contributed by atoms with Crippen LogP contribution in [0.4, 0.5) is 5.69 Å². The van der Waals surface area contributed by atoms with Gasteiger partial charge in [0.05, 0.1) is 48.4 Å². The maximum absolute atomic E-state index is 12.7. The quantitative estimate of drug-likeness (QED) is 0.774. The minimum atomic E-state index is -0.562. The first-order valence-electron chi connectivity index (χ1n) is 10.3. The molecule has 1 unspecified atom stereocenters. The molecule has 4 rings (SSSR count). The smallest absolute Gasteiger partial charge is 0.249 e. The molecule has 162 valence electrons. The molecule has 1 aromatic heterocycles. The highest BCUT2D eigenvalue weighted by atomic mass is 32.2. The summed E-state index contributed by atoms with van der Waals surface area (Å²) >= 11 is 1.55. The number of anilines is 1. The van der Waals surface area contributed by atoms with Crippen molar-refractivity contribution < 1.29 is 14.3 Å². The summed E-state index contributed by atoms with van der Waals surface area (Å²) in [5, 5.41) is 9.90. The SMILES string of the molecule is C[C@H]1COC[C@H](C)N1c1ccc2nc(CC(=O)N3CSCC3C#N)cc(C(N)=O)c2c1. The van der Waals surface area contributed by atoms with Crippen molar-refractivity contribution in [2.24, 2.45) is 5.73 Å². The lowest BCUT2D eigenvalue weighted by atomic mass is 10.0. The van der Waals surface area contributed by atoms with Crippen LogP contribution >= 0.6 is 11.8 Å². The van der Waals surface area contributed by atoms with Crippen LogP contribution in [-0.4, -0.2) is 64.7 Å². The lowest BCUT2D eigenvalue weighted by molar-refractivity contribution is -0.130. The number of rotatable bonds is 4. The number of thioether (sulfide) groups is 1. The monoisotopic (exact) mass is 439 g/mol. The Morgan fingerprint density at radius 2 is 2.03 bits per heavy atom. The minimum Gasteiger partial charge on any atom is -0.377 e. The number of carbonyl (C=O) groups excluding carboxylic acids is 2. The second kappa shape index (κ2) is 8.73. The average Bonchev–Trinajstić information content (AvgIpc) is 3.22. The zero-order valence-electron chi connectivity index (χ0n) is 17.6. The highest BCUT2D eigenvalue weighted by Gasteiger charge is 2.30. The summed E-state index contributed by atoms with van der Waals surface area (Å²) in [4.78, 5) is 33.4. The fraction of sp³-hybridized carbons (Fsp3) is 0.455. The molecule has 2 aliphatic rings. The van der Waals surface area contributed by atoms with E-state index in [0.29, 0.717) is 47.0 Å². The summed E-state index contributed by atoms with van der Waals surface area (Å²) in [7, 11) is 0. The second-order valence-corrected chi connectivity index (χ2v) is 9.05.